The minimum atomic E-state index is -1.70. The summed E-state index contributed by atoms with van der Waals surface area (Å²) in [6.07, 6.45) is 1.66. The number of ether oxygens (including phenoxy) is 1. The molecule has 2 unspecified atom stereocenters. The molecule has 0 radical (unpaired) electrons. The molecule has 2 atom stereocenters. The highest BCUT2D eigenvalue weighted by molar-refractivity contribution is 7.98. The highest BCUT2D eigenvalue weighted by atomic mass is 32.2. The number of thioether (sulfide) groups is 1. The first-order valence-corrected chi connectivity index (χ1v) is 10.7. The maximum Gasteiger partial charge on any atom is 0.408 e. The van der Waals surface area contributed by atoms with E-state index in [-0.39, 0.29) is 5.92 Å². The third-order valence-electron chi connectivity index (χ3n) is 3.16. The van der Waals surface area contributed by atoms with Crippen molar-refractivity contribution >= 4 is 35.1 Å². The zero-order valence-corrected chi connectivity index (χ0v) is 17.8. The minimum Gasteiger partial charge on any atom is -0.588 e. The summed E-state index contributed by atoms with van der Waals surface area (Å²) in [4.78, 5) is 26.0. The number of amides is 2. The first kappa shape index (κ1) is 22.7. The maximum atomic E-state index is 12.5. The lowest BCUT2D eigenvalue weighted by Gasteiger charge is -2.24. The normalized spacial score (nSPS) is 13.8. The Kier molecular flexibility index (Phi) is 8.79. The van der Waals surface area contributed by atoms with Gasteiger partial charge < -0.3 is 14.6 Å². The predicted molar refractivity (Wildman–Crippen MR) is 105 cm³/mol. The minimum absolute atomic E-state index is 0.161. The van der Waals surface area contributed by atoms with Crippen LogP contribution >= 0.6 is 11.8 Å². The number of benzene rings is 1. The smallest absolute Gasteiger partial charge is 0.408 e. The van der Waals surface area contributed by atoms with Gasteiger partial charge in [-0.25, -0.2) is 4.79 Å². The molecule has 0 saturated heterocycles. The van der Waals surface area contributed by atoms with Crippen LogP contribution < -0.4 is 10.0 Å². The van der Waals surface area contributed by atoms with Crippen molar-refractivity contribution < 1.29 is 18.9 Å². The van der Waals surface area contributed by atoms with Crippen molar-refractivity contribution in [1.29, 1.82) is 0 Å². The molecule has 0 fully saturated rings. The Hall–Kier alpha value is -1.38. The van der Waals surface area contributed by atoms with Gasteiger partial charge in [-0.05, 0) is 51.5 Å². The molecule has 0 saturated carbocycles. The van der Waals surface area contributed by atoms with Crippen molar-refractivity contribution in [3.05, 3.63) is 24.3 Å². The lowest BCUT2D eigenvalue weighted by atomic mass is 10.0. The molecule has 8 heteroatoms. The molecule has 0 spiro atoms. The third kappa shape index (κ3) is 8.33. The Morgan fingerprint density at radius 1 is 1.31 bits per heavy atom. The molecular weight excluding hydrogens is 372 g/mol. The van der Waals surface area contributed by atoms with Gasteiger partial charge in [0.1, 0.15) is 23.0 Å². The van der Waals surface area contributed by atoms with E-state index in [1.54, 1.807) is 39.0 Å². The Balaban J connectivity index is 2.79. The number of carbonyl (C=O) groups excluding carboxylic acids is 2. The summed E-state index contributed by atoms with van der Waals surface area (Å²) in [7, 11) is 0. The van der Waals surface area contributed by atoms with E-state index in [0.29, 0.717) is 11.3 Å². The molecule has 1 aromatic rings. The molecular formula is C18H28N2O4S2. The summed E-state index contributed by atoms with van der Waals surface area (Å²) in [6, 6.07) is 6.32. The van der Waals surface area contributed by atoms with Crippen molar-refractivity contribution in [3.63, 3.8) is 0 Å². The van der Waals surface area contributed by atoms with E-state index in [2.05, 4.69) is 10.0 Å². The van der Waals surface area contributed by atoms with Crippen LogP contribution in [0.15, 0.2) is 34.1 Å². The second-order valence-electron chi connectivity index (χ2n) is 7.24. The van der Waals surface area contributed by atoms with Crippen LogP contribution in [0.3, 0.4) is 0 Å². The molecule has 26 heavy (non-hydrogen) atoms. The van der Waals surface area contributed by atoms with Crippen molar-refractivity contribution in [2.45, 2.75) is 62.5 Å². The van der Waals surface area contributed by atoms with Gasteiger partial charge in [-0.15, -0.1) is 11.8 Å². The largest absolute Gasteiger partial charge is 0.588 e. The van der Waals surface area contributed by atoms with E-state index >= 15 is 0 Å². The molecule has 0 aliphatic heterocycles. The molecule has 146 valence electrons. The lowest BCUT2D eigenvalue weighted by Crippen LogP contribution is -2.50. The van der Waals surface area contributed by atoms with E-state index in [9.17, 15) is 14.1 Å². The summed E-state index contributed by atoms with van der Waals surface area (Å²) in [5.74, 6) is -0.341. The summed E-state index contributed by atoms with van der Waals surface area (Å²) in [5.41, 5.74) is -0.663. The van der Waals surface area contributed by atoms with E-state index in [1.807, 2.05) is 26.2 Å². The van der Waals surface area contributed by atoms with Crippen LogP contribution in [0.4, 0.5) is 4.79 Å². The zero-order chi connectivity index (χ0) is 19.9. The lowest BCUT2D eigenvalue weighted by molar-refractivity contribution is -0.121. The van der Waals surface area contributed by atoms with Crippen LogP contribution in [0.25, 0.3) is 0 Å². The first-order chi connectivity index (χ1) is 12.0. The number of alkyl carbamates (subject to hydrolysis) is 1. The van der Waals surface area contributed by atoms with Gasteiger partial charge in [0.25, 0.3) is 5.91 Å². The Morgan fingerprint density at radius 3 is 2.50 bits per heavy atom. The van der Waals surface area contributed by atoms with Crippen LogP contribution in [0.2, 0.25) is 0 Å². The van der Waals surface area contributed by atoms with Crippen LogP contribution in [0.5, 0.6) is 0 Å². The third-order valence-corrected chi connectivity index (χ3v) is 4.96. The SMILES string of the molecule is CSc1cccc([S+]([O-])NC(=O)C(CC(C)C)NC(=O)OC(C)(C)C)c1. The fourth-order valence-corrected chi connectivity index (χ4v) is 3.50. The number of nitrogens with one attached hydrogen (secondary N) is 2. The monoisotopic (exact) mass is 400 g/mol. The summed E-state index contributed by atoms with van der Waals surface area (Å²) < 4.78 is 20.1. The molecule has 0 bridgehead atoms. The van der Waals surface area contributed by atoms with Gasteiger partial charge >= 0.3 is 6.09 Å². The summed E-state index contributed by atoms with van der Waals surface area (Å²) >= 11 is -0.173. The van der Waals surface area contributed by atoms with Gasteiger partial charge in [0.2, 0.25) is 0 Å². The Bertz CT molecular complexity index is 617. The molecule has 2 N–H and O–H groups in total. The van der Waals surface area contributed by atoms with E-state index < -0.39 is 35.0 Å². The van der Waals surface area contributed by atoms with Crippen LogP contribution in [0, 0.1) is 5.92 Å². The van der Waals surface area contributed by atoms with E-state index in [4.69, 9.17) is 4.74 Å². The van der Waals surface area contributed by atoms with Crippen molar-refractivity contribution in [2.24, 2.45) is 5.92 Å². The summed E-state index contributed by atoms with van der Waals surface area (Å²) in [6.45, 7) is 9.12. The van der Waals surface area contributed by atoms with Gasteiger partial charge in [0.05, 0.1) is 0 Å². The number of hydrogen-bond donors (Lipinski definition) is 2. The summed E-state index contributed by atoms with van der Waals surface area (Å²) in [5, 5.41) is 2.57. The molecule has 0 aromatic heterocycles. The van der Waals surface area contributed by atoms with Crippen molar-refractivity contribution in [2.75, 3.05) is 6.26 Å². The average Bonchev–Trinajstić information content (AvgIpc) is 2.51. The number of carbonyl (C=O) groups is 2. The standard InChI is InChI=1S/C18H28N2O4S2/c1-12(2)10-15(19-17(22)24-18(3,4)5)16(21)20-26(23)14-9-7-8-13(11-14)25-6/h7-9,11-12,15H,10H2,1-6H3,(H,19,22)(H,20,21). The highest BCUT2D eigenvalue weighted by Crippen LogP contribution is 2.19. The molecule has 1 aromatic carbocycles. The average molecular weight is 401 g/mol. The molecule has 2 amide bonds. The Morgan fingerprint density at radius 2 is 1.96 bits per heavy atom. The van der Waals surface area contributed by atoms with E-state index in [0.717, 1.165) is 4.90 Å². The quantitative estimate of drug-likeness (QED) is 0.540. The van der Waals surface area contributed by atoms with Gasteiger partial charge in [-0.2, -0.15) is 4.72 Å². The van der Waals surface area contributed by atoms with Crippen LogP contribution in [-0.4, -0.2) is 34.5 Å². The predicted octanol–water partition coefficient (Wildman–Crippen LogP) is 3.49. The Labute approximate surface area is 163 Å². The highest BCUT2D eigenvalue weighted by Gasteiger charge is 2.28. The van der Waals surface area contributed by atoms with E-state index in [1.165, 1.54) is 11.8 Å². The van der Waals surface area contributed by atoms with Gasteiger partial charge in [0.15, 0.2) is 4.90 Å². The molecule has 0 heterocycles. The second kappa shape index (κ2) is 10.1. The van der Waals surface area contributed by atoms with Crippen molar-refractivity contribution in [3.8, 4) is 0 Å². The van der Waals surface area contributed by atoms with Crippen LogP contribution in [0.1, 0.15) is 41.0 Å². The first-order valence-electron chi connectivity index (χ1n) is 8.37. The number of rotatable bonds is 7. The second-order valence-corrected chi connectivity index (χ2v) is 9.34. The van der Waals surface area contributed by atoms with Gasteiger partial charge in [-0.1, -0.05) is 19.9 Å². The zero-order valence-electron chi connectivity index (χ0n) is 16.1. The van der Waals surface area contributed by atoms with Gasteiger partial charge in [0, 0.05) is 11.0 Å². The maximum absolute atomic E-state index is 12.5. The number of hydrogen-bond acceptors (Lipinski definition) is 5. The van der Waals surface area contributed by atoms with Gasteiger partial charge in [-0.3, -0.25) is 4.79 Å². The molecule has 6 nitrogen and oxygen atoms in total. The molecule has 0 aliphatic carbocycles. The fraction of sp³-hybridized carbons (Fsp3) is 0.556. The molecule has 0 aliphatic rings. The fourth-order valence-electron chi connectivity index (χ4n) is 2.09. The topological polar surface area (TPSA) is 90.5 Å². The van der Waals surface area contributed by atoms with Crippen LogP contribution in [-0.2, 0) is 20.9 Å². The van der Waals surface area contributed by atoms with Crippen molar-refractivity contribution in [1.82, 2.24) is 10.0 Å². The molecule has 1 rings (SSSR count).